The Morgan fingerprint density at radius 2 is 2.27 bits per heavy atom. The summed E-state index contributed by atoms with van der Waals surface area (Å²) in [4.78, 5) is 4.17. The second kappa shape index (κ2) is 5.35. The van der Waals surface area contributed by atoms with Gasteiger partial charge in [-0.15, -0.1) is 0 Å². The number of nitrogen functional groups attached to an aromatic ring is 1. The molecule has 1 aromatic rings. The topological polar surface area (TPSA) is 48.1 Å². The Labute approximate surface area is 99.2 Å². The summed E-state index contributed by atoms with van der Waals surface area (Å²) >= 11 is 3.44. The SMILES string of the molecule is CCCC(C)Oc1ncc(N)c(C)c1Br. The summed E-state index contributed by atoms with van der Waals surface area (Å²) < 4.78 is 6.56. The first-order chi connectivity index (χ1) is 7.06. The minimum absolute atomic E-state index is 0.182. The lowest BCUT2D eigenvalue weighted by molar-refractivity contribution is 0.200. The molecule has 2 N–H and O–H groups in total. The van der Waals surface area contributed by atoms with E-state index in [0.29, 0.717) is 11.6 Å². The predicted octanol–water partition coefficient (Wildman–Crippen LogP) is 3.30. The van der Waals surface area contributed by atoms with Crippen molar-refractivity contribution in [2.45, 2.75) is 39.7 Å². The molecule has 0 aliphatic rings. The fraction of sp³-hybridized carbons (Fsp3) is 0.545. The van der Waals surface area contributed by atoms with Crippen LogP contribution in [0.4, 0.5) is 5.69 Å². The average Bonchev–Trinajstić information content (AvgIpc) is 2.20. The molecule has 0 amide bonds. The minimum Gasteiger partial charge on any atom is -0.474 e. The van der Waals surface area contributed by atoms with Gasteiger partial charge in [-0.05, 0) is 41.8 Å². The van der Waals surface area contributed by atoms with Crippen LogP contribution in [-0.4, -0.2) is 11.1 Å². The highest BCUT2D eigenvalue weighted by molar-refractivity contribution is 9.10. The molecule has 0 radical (unpaired) electrons. The lowest BCUT2D eigenvalue weighted by Crippen LogP contribution is -2.12. The minimum atomic E-state index is 0.182. The number of aromatic nitrogens is 1. The monoisotopic (exact) mass is 272 g/mol. The quantitative estimate of drug-likeness (QED) is 0.915. The van der Waals surface area contributed by atoms with E-state index in [9.17, 15) is 0 Å². The maximum Gasteiger partial charge on any atom is 0.228 e. The van der Waals surface area contributed by atoms with Gasteiger partial charge in [-0.1, -0.05) is 13.3 Å². The fourth-order valence-electron chi connectivity index (χ4n) is 1.31. The van der Waals surface area contributed by atoms with Crippen molar-refractivity contribution < 1.29 is 4.74 Å². The van der Waals surface area contributed by atoms with Gasteiger partial charge in [0, 0.05) is 0 Å². The van der Waals surface area contributed by atoms with Crippen LogP contribution < -0.4 is 10.5 Å². The molecule has 1 unspecified atom stereocenters. The molecule has 1 atom stereocenters. The molecule has 0 aromatic carbocycles. The van der Waals surface area contributed by atoms with Gasteiger partial charge in [0.1, 0.15) is 0 Å². The lowest BCUT2D eigenvalue weighted by Gasteiger charge is -2.15. The Morgan fingerprint density at radius 1 is 1.60 bits per heavy atom. The van der Waals surface area contributed by atoms with Crippen LogP contribution in [0, 0.1) is 6.92 Å². The van der Waals surface area contributed by atoms with E-state index in [0.717, 1.165) is 22.9 Å². The van der Waals surface area contributed by atoms with Gasteiger partial charge in [0.2, 0.25) is 5.88 Å². The van der Waals surface area contributed by atoms with Gasteiger partial charge in [-0.25, -0.2) is 4.98 Å². The molecule has 0 fully saturated rings. The Kier molecular flexibility index (Phi) is 4.39. The van der Waals surface area contributed by atoms with E-state index < -0.39 is 0 Å². The number of halogens is 1. The largest absolute Gasteiger partial charge is 0.474 e. The van der Waals surface area contributed by atoms with Crippen molar-refractivity contribution >= 4 is 21.6 Å². The van der Waals surface area contributed by atoms with E-state index in [1.165, 1.54) is 0 Å². The third-order valence-corrected chi connectivity index (χ3v) is 3.21. The molecule has 0 spiro atoms. The highest BCUT2D eigenvalue weighted by Crippen LogP contribution is 2.30. The standard InChI is InChI=1S/C11H17BrN2O/c1-4-5-7(2)15-11-10(12)8(3)9(13)6-14-11/h6-7H,4-5,13H2,1-3H3. The average molecular weight is 273 g/mol. The molecule has 0 saturated carbocycles. The van der Waals surface area contributed by atoms with Gasteiger partial charge < -0.3 is 10.5 Å². The molecule has 1 heterocycles. The van der Waals surface area contributed by atoms with E-state index in [1.807, 2.05) is 13.8 Å². The fourth-order valence-corrected chi connectivity index (χ4v) is 1.73. The summed E-state index contributed by atoms with van der Waals surface area (Å²) in [5.41, 5.74) is 7.38. The molecule has 0 bridgehead atoms. The van der Waals surface area contributed by atoms with Crippen LogP contribution in [0.25, 0.3) is 0 Å². The zero-order valence-electron chi connectivity index (χ0n) is 9.38. The molecule has 0 aliphatic carbocycles. The number of pyridine rings is 1. The normalized spacial score (nSPS) is 12.5. The molecule has 1 rings (SSSR count). The van der Waals surface area contributed by atoms with Gasteiger partial charge in [0.05, 0.1) is 22.5 Å². The van der Waals surface area contributed by atoms with Crippen LogP contribution in [0.15, 0.2) is 10.7 Å². The Balaban J connectivity index is 2.82. The first kappa shape index (κ1) is 12.3. The molecule has 15 heavy (non-hydrogen) atoms. The summed E-state index contributed by atoms with van der Waals surface area (Å²) in [6.07, 6.45) is 3.94. The Bertz CT molecular complexity index is 342. The second-order valence-corrected chi connectivity index (χ2v) is 4.47. The number of nitrogens with zero attached hydrogens (tertiary/aromatic N) is 1. The molecular weight excluding hydrogens is 256 g/mol. The van der Waals surface area contributed by atoms with Crippen molar-refractivity contribution in [1.82, 2.24) is 4.98 Å². The maximum atomic E-state index is 5.73. The second-order valence-electron chi connectivity index (χ2n) is 3.67. The highest BCUT2D eigenvalue weighted by atomic mass is 79.9. The van der Waals surface area contributed by atoms with Crippen molar-refractivity contribution in [2.75, 3.05) is 5.73 Å². The molecule has 3 nitrogen and oxygen atoms in total. The van der Waals surface area contributed by atoms with Gasteiger partial charge in [0.25, 0.3) is 0 Å². The van der Waals surface area contributed by atoms with Crippen molar-refractivity contribution in [3.8, 4) is 5.88 Å². The van der Waals surface area contributed by atoms with Crippen molar-refractivity contribution in [3.05, 3.63) is 16.2 Å². The molecule has 0 saturated heterocycles. The Morgan fingerprint density at radius 3 is 2.87 bits per heavy atom. The third kappa shape index (κ3) is 3.09. The van der Waals surface area contributed by atoms with Crippen molar-refractivity contribution in [2.24, 2.45) is 0 Å². The van der Waals surface area contributed by atoms with E-state index in [1.54, 1.807) is 6.20 Å². The van der Waals surface area contributed by atoms with Gasteiger partial charge in [-0.2, -0.15) is 0 Å². The zero-order valence-corrected chi connectivity index (χ0v) is 11.0. The molecule has 84 valence electrons. The molecule has 4 heteroatoms. The third-order valence-electron chi connectivity index (χ3n) is 2.28. The van der Waals surface area contributed by atoms with Crippen LogP contribution in [0.2, 0.25) is 0 Å². The number of hydrogen-bond donors (Lipinski definition) is 1. The number of nitrogens with two attached hydrogens (primary N) is 1. The first-order valence-electron chi connectivity index (χ1n) is 5.13. The summed E-state index contributed by atoms with van der Waals surface area (Å²) in [7, 11) is 0. The van der Waals surface area contributed by atoms with Gasteiger partial charge >= 0.3 is 0 Å². The summed E-state index contributed by atoms with van der Waals surface area (Å²) in [5.74, 6) is 0.627. The van der Waals surface area contributed by atoms with Gasteiger partial charge in [-0.3, -0.25) is 0 Å². The number of hydrogen-bond acceptors (Lipinski definition) is 3. The summed E-state index contributed by atoms with van der Waals surface area (Å²) in [5, 5.41) is 0. The van der Waals surface area contributed by atoms with Crippen LogP contribution in [0.5, 0.6) is 5.88 Å². The summed E-state index contributed by atoms with van der Waals surface area (Å²) in [6, 6.07) is 0. The van der Waals surface area contributed by atoms with E-state index in [4.69, 9.17) is 10.5 Å². The van der Waals surface area contributed by atoms with Crippen LogP contribution in [0.3, 0.4) is 0 Å². The summed E-state index contributed by atoms with van der Waals surface area (Å²) in [6.45, 7) is 6.12. The van der Waals surface area contributed by atoms with E-state index in [-0.39, 0.29) is 6.10 Å². The smallest absolute Gasteiger partial charge is 0.228 e. The highest BCUT2D eigenvalue weighted by Gasteiger charge is 2.11. The van der Waals surface area contributed by atoms with Crippen LogP contribution >= 0.6 is 15.9 Å². The Hall–Kier alpha value is -0.770. The van der Waals surface area contributed by atoms with E-state index in [2.05, 4.69) is 27.8 Å². The number of ether oxygens (including phenoxy) is 1. The molecule has 1 aromatic heterocycles. The first-order valence-corrected chi connectivity index (χ1v) is 5.92. The van der Waals surface area contributed by atoms with Gasteiger partial charge in [0.15, 0.2) is 0 Å². The molecule has 0 aliphatic heterocycles. The van der Waals surface area contributed by atoms with Crippen LogP contribution in [-0.2, 0) is 0 Å². The van der Waals surface area contributed by atoms with Crippen molar-refractivity contribution in [1.29, 1.82) is 0 Å². The predicted molar refractivity (Wildman–Crippen MR) is 66.1 cm³/mol. The maximum absolute atomic E-state index is 5.73. The zero-order chi connectivity index (χ0) is 11.4. The number of rotatable bonds is 4. The molecular formula is C11H17BrN2O. The number of anilines is 1. The van der Waals surface area contributed by atoms with Crippen LogP contribution in [0.1, 0.15) is 32.3 Å². The van der Waals surface area contributed by atoms with Crippen molar-refractivity contribution in [3.63, 3.8) is 0 Å². The van der Waals surface area contributed by atoms with E-state index >= 15 is 0 Å². The lowest BCUT2D eigenvalue weighted by atomic mass is 10.2.